The van der Waals surface area contributed by atoms with E-state index in [0.29, 0.717) is 0 Å². The highest BCUT2D eigenvalue weighted by molar-refractivity contribution is 6.05. The third-order valence-electron chi connectivity index (χ3n) is 2.12. The molecule has 0 aromatic heterocycles. The number of carbonyl (C=O) groups excluding carboxylic acids is 1. The van der Waals surface area contributed by atoms with Crippen LogP contribution in [0, 0.1) is 10.1 Å². The minimum absolute atomic E-state index is 0.0144. The molecule has 1 amide bonds. The van der Waals surface area contributed by atoms with Crippen molar-refractivity contribution in [3.8, 4) is 0 Å². The van der Waals surface area contributed by atoms with Crippen LogP contribution in [-0.2, 0) is 4.79 Å². The summed E-state index contributed by atoms with van der Waals surface area (Å²) >= 11 is 0. The van der Waals surface area contributed by atoms with Gasteiger partial charge in [-0.05, 0) is 19.9 Å². The molecule has 1 aromatic rings. The Balaban J connectivity index is 3.14. The Bertz CT molecular complexity index is 573. The minimum Gasteiger partial charge on any atom is -0.478 e. The van der Waals surface area contributed by atoms with E-state index in [9.17, 15) is 19.7 Å². The molecule has 0 aliphatic rings. The molecule has 0 radical (unpaired) electrons. The molecule has 7 nitrogen and oxygen atoms in total. The maximum Gasteiger partial charge on any atom is 0.338 e. The fraction of sp³-hybridized carbons (Fsp3) is 0.167. The van der Waals surface area contributed by atoms with E-state index < -0.39 is 16.8 Å². The number of hydrogen-bond donors (Lipinski definition) is 2. The number of allylic oxidation sites excluding steroid dienone is 1. The van der Waals surface area contributed by atoms with E-state index in [1.165, 1.54) is 12.1 Å². The van der Waals surface area contributed by atoms with E-state index in [-0.39, 0.29) is 16.9 Å². The van der Waals surface area contributed by atoms with Crippen molar-refractivity contribution < 1.29 is 19.6 Å². The lowest BCUT2D eigenvalue weighted by molar-refractivity contribution is -0.384. The van der Waals surface area contributed by atoms with Gasteiger partial charge in [-0.2, -0.15) is 0 Å². The molecule has 0 fully saturated rings. The number of nitrogens with one attached hydrogen (secondary N) is 1. The first-order valence-corrected chi connectivity index (χ1v) is 5.29. The zero-order valence-corrected chi connectivity index (χ0v) is 10.3. The van der Waals surface area contributed by atoms with Crippen LogP contribution >= 0.6 is 0 Å². The van der Waals surface area contributed by atoms with Gasteiger partial charge in [0, 0.05) is 18.2 Å². The second kappa shape index (κ2) is 5.76. The van der Waals surface area contributed by atoms with E-state index in [1.807, 2.05) is 0 Å². The zero-order chi connectivity index (χ0) is 14.6. The number of benzene rings is 1. The summed E-state index contributed by atoms with van der Waals surface area (Å²) in [6.45, 7) is 3.43. The van der Waals surface area contributed by atoms with Gasteiger partial charge < -0.3 is 10.4 Å². The van der Waals surface area contributed by atoms with Gasteiger partial charge in [-0.15, -0.1) is 0 Å². The smallest absolute Gasteiger partial charge is 0.338 e. The van der Waals surface area contributed by atoms with Gasteiger partial charge in [0.2, 0.25) is 5.91 Å². The highest BCUT2D eigenvalue weighted by Crippen LogP contribution is 2.22. The van der Waals surface area contributed by atoms with Crippen molar-refractivity contribution in [2.24, 2.45) is 0 Å². The predicted octanol–water partition coefficient (Wildman–Crippen LogP) is 2.20. The molecule has 0 saturated heterocycles. The van der Waals surface area contributed by atoms with Gasteiger partial charge >= 0.3 is 5.97 Å². The zero-order valence-electron chi connectivity index (χ0n) is 10.3. The third-order valence-corrected chi connectivity index (χ3v) is 2.12. The molecule has 0 aliphatic carbocycles. The van der Waals surface area contributed by atoms with Crippen LogP contribution in [-0.4, -0.2) is 21.9 Å². The number of hydrogen-bond acceptors (Lipinski definition) is 4. The molecule has 2 N–H and O–H groups in total. The van der Waals surface area contributed by atoms with Crippen LogP contribution in [0.4, 0.5) is 11.4 Å². The van der Waals surface area contributed by atoms with Crippen LogP contribution < -0.4 is 5.32 Å². The van der Waals surface area contributed by atoms with Crippen LogP contribution in [0.15, 0.2) is 29.8 Å². The Labute approximate surface area is 108 Å². The van der Waals surface area contributed by atoms with Crippen molar-refractivity contribution >= 4 is 23.3 Å². The summed E-state index contributed by atoms with van der Waals surface area (Å²) in [6, 6.07) is 3.23. The quantitative estimate of drug-likeness (QED) is 0.492. The van der Waals surface area contributed by atoms with Crippen LogP contribution in [0.1, 0.15) is 24.2 Å². The minimum atomic E-state index is -1.35. The van der Waals surface area contributed by atoms with Crippen LogP contribution in [0.2, 0.25) is 0 Å². The molecule has 1 rings (SSSR count). The number of non-ortho nitro benzene ring substituents is 1. The van der Waals surface area contributed by atoms with Gasteiger partial charge in [0.05, 0.1) is 16.2 Å². The number of rotatable bonds is 4. The second-order valence-corrected chi connectivity index (χ2v) is 4.00. The molecule has 19 heavy (non-hydrogen) atoms. The highest BCUT2D eigenvalue weighted by atomic mass is 16.6. The van der Waals surface area contributed by atoms with Crippen molar-refractivity contribution in [1.29, 1.82) is 0 Å². The summed E-state index contributed by atoms with van der Waals surface area (Å²) < 4.78 is 0. The van der Waals surface area contributed by atoms with Crippen molar-refractivity contribution in [2.45, 2.75) is 13.8 Å². The van der Waals surface area contributed by atoms with E-state index in [4.69, 9.17) is 5.11 Å². The lowest BCUT2D eigenvalue weighted by atomic mass is 10.1. The van der Waals surface area contributed by atoms with Crippen LogP contribution in [0.3, 0.4) is 0 Å². The third kappa shape index (κ3) is 3.91. The number of aromatic carboxylic acids is 1. The number of nitro groups is 1. The summed E-state index contributed by atoms with van der Waals surface area (Å²) in [5.41, 5.74) is 0.0826. The highest BCUT2D eigenvalue weighted by Gasteiger charge is 2.16. The summed E-state index contributed by atoms with van der Waals surface area (Å²) in [5.74, 6) is -1.84. The summed E-state index contributed by atoms with van der Waals surface area (Å²) in [5, 5.41) is 21.9. The van der Waals surface area contributed by atoms with Gasteiger partial charge in [-0.1, -0.05) is 5.57 Å². The molecule has 100 valence electrons. The lowest BCUT2D eigenvalue weighted by Gasteiger charge is -2.06. The average Bonchev–Trinajstić information content (AvgIpc) is 2.27. The summed E-state index contributed by atoms with van der Waals surface area (Å²) in [6.07, 6.45) is 1.30. The van der Waals surface area contributed by atoms with Crippen molar-refractivity contribution in [3.63, 3.8) is 0 Å². The fourth-order valence-corrected chi connectivity index (χ4v) is 1.36. The second-order valence-electron chi connectivity index (χ2n) is 4.00. The molecule has 1 aromatic carbocycles. The molecule has 0 atom stereocenters. The van der Waals surface area contributed by atoms with E-state index in [2.05, 4.69) is 5.32 Å². The predicted molar refractivity (Wildman–Crippen MR) is 68.1 cm³/mol. The fourth-order valence-electron chi connectivity index (χ4n) is 1.36. The standard InChI is InChI=1S/C12H12N2O5/c1-7(2)5-11(15)13-10-4-3-8(14(18)19)6-9(10)12(16)17/h3-6H,1-2H3,(H,13,15)(H,16,17). The summed E-state index contributed by atoms with van der Waals surface area (Å²) in [4.78, 5) is 32.4. The SMILES string of the molecule is CC(C)=CC(=O)Nc1ccc([N+](=O)[O-])cc1C(=O)O. The normalized spacial score (nSPS) is 9.58. The Hall–Kier alpha value is -2.70. The number of nitro benzene ring substituents is 1. The number of nitrogens with zero attached hydrogens (tertiary/aromatic N) is 1. The van der Waals surface area contributed by atoms with Crippen molar-refractivity contribution in [3.05, 3.63) is 45.5 Å². The Morgan fingerprint density at radius 1 is 1.37 bits per heavy atom. The number of anilines is 1. The Morgan fingerprint density at radius 2 is 2.00 bits per heavy atom. The van der Waals surface area contributed by atoms with Crippen molar-refractivity contribution in [1.82, 2.24) is 0 Å². The molecule has 0 aliphatic heterocycles. The molecule has 0 saturated carbocycles. The number of carbonyl (C=O) groups is 2. The molecular weight excluding hydrogens is 252 g/mol. The Kier molecular flexibility index (Phi) is 4.36. The first kappa shape index (κ1) is 14.4. The van der Waals surface area contributed by atoms with Gasteiger partial charge in [-0.3, -0.25) is 14.9 Å². The van der Waals surface area contributed by atoms with Crippen molar-refractivity contribution in [2.75, 3.05) is 5.32 Å². The molecule has 0 heterocycles. The monoisotopic (exact) mass is 264 g/mol. The van der Waals surface area contributed by atoms with E-state index in [0.717, 1.165) is 17.7 Å². The van der Waals surface area contributed by atoms with Gasteiger partial charge in [0.1, 0.15) is 0 Å². The average molecular weight is 264 g/mol. The summed E-state index contributed by atoms with van der Waals surface area (Å²) in [7, 11) is 0. The molecular formula is C12H12N2O5. The number of amides is 1. The molecule has 7 heteroatoms. The molecule has 0 spiro atoms. The number of carboxylic acids is 1. The van der Waals surface area contributed by atoms with Crippen LogP contribution in [0.5, 0.6) is 0 Å². The van der Waals surface area contributed by atoms with Gasteiger partial charge in [-0.25, -0.2) is 4.79 Å². The van der Waals surface area contributed by atoms with Gasteiger partial charge in [0.15, 0.2) is 0 Å². The first-order chi connectivity index (χ1) is 8.81. The lowest BCUT2D eigenvalue weighted by Crippen LogP contribution is -2.12. The maximum absolute atomic E-state index is 11.5. The van der Waals surface area contributed by atoms with E-state index >= 15 is 0 Å². The Morgan fingerprint density at radius 3 is 2.47 bits per heavy atom. The van der Waals surface area contributed by atoms with Crippen LogP contribution in [0.25, 0.3) is 0 Å². The molecule has 0 bridgehead atoms. The first-order valence-electron chi connectivity index (χ1n) is 5.29. The molecule has 0 unspecified atom stereocenters. The topological polar surface area (TPSA) is 110 Å². The van der Waals surface area contributed by atoms with E-state index in [1.54, 1.807) is 13.8 Å². The van der Waals surface area contributed by atoms with Gasteiger partial charge in [0.25, 0.3) is 5.69 Å². The largest absolute Gasteiger partial charge is 0.478 e. The maximum atomic E-state index is 11.5. The number of carboxylic acid groups (broad SMARTS) is 1.